The van der Waals surface area contributed by atoms with Crippen LogP contribution in [0.15, 0.2) is 24.3 Å². The Balaban J connectivity index is 2.64. The summed E-state index contributed by atoms with van der Waals surface area (Å²) in [5.74, 6) is 0.939. The summed E-state index contributed by atoms with van der Waals surface area (Å²) in [5, 5.41) is 0. The quantitative estimate of drug-likeness (QED) is 0.795. The van der Waals surface area contributed by atoms with Crippen molar-refractivity contribution < 1.29 is 19.0 Å². The molecule has 0 saturated carbocycles. The molecule has 0 aliphatic rings. The molecular weight excluding hydrogens is 246 g/mol. The predicted octanol–water partition coefficient (Wildman–Crippen LogP) is 1.74. The Morgan fingerprint density at radius 1 is 1.37 bits per heavy atom. The van der Waals surface area contributed by atoms with E-state index in [4.69, 9.17) is 15.2 Å². The number of benzene rings is 1. The van der Waals surface area contributed by atoms with Crippen molar-refractivity contribution in [2.75, 3.05) is 14.2 Å². The van der Waals surface area contributed by atoms with Crippen LogP contribution >= 0.6 is 0 Å². The van der Waals surface area contributed by atoms with Crippen molar-refractivity contribution in [3.8, 4) is 11.5 Å². The van der Waals surface area contributed by atoms with Gasteiger partial charge in [0.05, 0.1) is 20.3 Å². The molecule has 0 heterocycles. The molecule has 0 bridgehead atoms. The minimum absolute atomic E-state index is 0.221. The Morgan fingerprint density at radius 2 is 2.00 bits per heavy atom. The molecule has 5 nitrogen and oxygen atoms in total. The molecule has 0 radical (unpaired) electrons. The lowest BCUT2D eigenvalue weighted by Crippen LogP contribution is -2.48. The van der Waals surface area contributed by atoms with E-state index >= 15 is 0 Å². The SMILES string of the molecule is COC(=O)C(C)(N)CC(C)Oc1cccc(OC)c1. The van der Waals surface area contributed by atoms with Crippen LogP contribution in [-0.4, -0.2) is 31.8 Å². The van der Waals surface area contributed by atoms with E-state index in [1.54, 1.807) is 20.1 Å². The van der Waals surface area contributed by atoms with E-state index in [-0.39, 0.29) is 6.10 Å². The predicted molar refractivity (Wildman–Crippen MR) is 72.3 cm³/mol. The molecule has 0 spiro atoms. The monoisotopic (exact) mass is 267 g/mol. The smallest absolute Gasteiger partial charge is 0.325 e. The molecule has 0 fully saturated rings. The van der Waals surface area contributed by atoms with Crippen molar-refractivity contribution in [1.82, 2.24) is 0 Å². The zero-order valence-corrected chi connectivity index (χ0v) is 11.8. The number of methoxy groups -OCH3 is 2. The van der Waals surface area contributed by atoms with E-state index in [0.717, 1.165) is 0 Å². The van der Waals surface area contributed by atoms with E-state index in [1.807, 2.05) is 25.1 Å². The lowest BCUT2D eigenvalue weighted by molar-refractivity contribution is -0.147. The zero-order chi connectivity index (χ0) is 14.5. The van der Waals surface area contributed by atoms with Crippen LogP contribution < -0.4 is 15.2 Å². The van der Waals surface area contributed by atoms with Gasteiger partial charge >= 0.3 is 5.97 Å². The molecule has 2 unspecified atom stereocenters. The molecule has 0 aromatic heterocycles. The molecule has 5 heteroatoms. The third-order valence-corrected chi connectivity index (χ3v) is 2.74. The van der Waals surface area contributed by atoms with Crippen molar-refractivity contribution in [3.63, 3.8) is 0 Å². The number of nitrogens with two attached hydrogens (primary N) is 1. The van der Waals surface area contributed by atoms with Crippen LogP contribution in [0.4, 0.5) is 0 Å². The van der Waals surface area contributed by atoms with E-state index < -0.39 is 11.5 Å². The second-order valence-electron chi connectivity index (χ2n) is 4.72. The number of carbonyl (C=O) groups is 1. The average Bonchev–Trinajstić information content (AvgIpc) is 2.37. The summed E-state index contributed by atoms with van der Waals surface area (Å²) < 4.78 is 15.5. The summed E-state index contributed by atoms with van der Waals surface area (Å²) in [7, 11) is 2.91. The Bertz CT molecular complexity index is 431. The van der Waals surface area contributed by atoms with Crippen LogP contribution in [0.3, 0.4) is 0 Å². The standard InChI is InChI=1S/C14H21NO4/c1-10(9-14(2,15)13(16)18-4)19-12-7-5-6-11(8-12)17-3/h5-8,10H,9,15H2,1-4H3. The Morgan fingerprint density at radius 3 is 2.58 bits per heavy atom. The van der Waals surface area contributed by atoms with Gasteiger partial charge < -0.3 is 19.9 Å². The molecule has 2 N–H and O–H groups in total. The van der Waals surface area contributed by atoms with Gasteiger partial charge in [-0.1, -0.05) is 6.07 Å². The number of ether oxygens (including phenoxy) is 3. The molecule has 19 heavy (non-hydrogen) atoms. The maximum absolute atomic E-state index is 11.5. The maximum Gasteiger partial charge on any atom is 0.325 e. The first-order chi connectivity index (χ1) is 8.89. The molecule has 0 saturated heterocycles. The van der Waals surface area contributed by atoms with Gasteiger partial charge in [0.1, 0.15) is 17.0 Å². The minimum Gasteiger partial charge on any atom is -0.497 e. The number of carbonyl (C=O) groups excluding carboxylic acids is 1. The van der Waals surface area contributed by atoms with E-state index in [2.05, 4.69) is 4.74 Å². The number of esters is 1. The highest BCUT2D eigenvalue weighted by molar-refractivity contribution is 5.79. The van der Waals surface area contributed by atoms with Gasteiger partial charge in [-0.05, 0) is 26.0 Å². The highest BCUT2D eigenvalue weighted by Crippen LogP contribution is 2.22. The lowest BCUT2D eigenvalue weighted by atomic mass is 9.96. The fourth-order valence-electron chi connectivity index (χ4n) is 1.86. The Hall–Kier alpha value is -1.75. The summed E-state index contributed by atoms with van der Waals surface area (Å²) >= 11 is 0. The lowest BCUT2D eigenvalue weighted by Gasteiger charge is -2.25. The summed E-state index contributed by atoms with van der Waals surface area (Å²) in [5.41, 5.74) is 4.84. The average molecular weight is 267 g/mol. The minimum atomic E-state index is -1.06. The first-order valence-corrected chi connectivity index (χ1v) is 6.07. The van der Waals surface area contributed by atoms with Crippen LogP contribution in [-0.2, 0) is 9.53 Å². The molecule has 1 rings (SSSR count). The highest BCUT2D eigenvalue weighted by atomic mass is 16.5. The second kappa shape index (κ2) is 6.43. The molecule has 2 atom stereocenters. The topological polar surface area (TPSA) is 70.8 Å². The van der Waals surface area contributed by atoms with Gasteiger partial charge in [-0.3, -0.25) is 4.79 Å². The summed E-state index contributed by atoms with van der Waals surface area (Å²) in [6.45, 7) is 3.48. The Labute approximate surface area is 113 Å². The normalized spacial score (nSPS) is 15.2. The second-order valence-corrected chi connectivity index (χ2v) is 4.72. The largest absolute Gasteiger partial charge is 0.497 e. The van der Waals surface area contributed by atoms with Gasteiger partial charge in [0.25, 0.3) is 0 Å². The van der Waals surface area contributed by atoms with E-state index in [9.17, 15) is 4.79 Å². The third-order valence-electron chi connectivity index (χ3n) is 2.74. The number of hydrogen-bond acceptors (Lipinski definition) is 5. The summed E-state index contributed by atoms with van der Waals surface area (Å²) in [6.07, 6.45) is 0.137. The Kier molecular flexibility index (Phi) is 5.18. The fraction of sp³-hybridized carbons (Fsp3) is 0.500. The highest BCUT2D eigenvalue weighted by Gasteiger charge is 2.32. The molecule has 0 amide bonds. The van der Waals surface area contributed by atoms with Gasteiger partial charge in [0, 0.05) is 12.5 Å². The van der Waals surface area contributed by atoms with Gasteiger partial charge in [0.2, 0.25) is 0 Å². The van der Waals surface area contributed by atoms with Crippen LogP contribution in [0.2, 0.25) is 0 Å². The molecule has 1 aromatic rings. The maximum atomic E-state index is 11.5. The van der Waals surface area contributed by atoms with Crippen LogP contribution in [0.1, 0.15) is 20.3 Å². The van der Waals surface area contributed by atoms with Crippen molar-refractivity contribution >= 4 is 5.97 Å². The van der Waals surface area contributed by atoms with Crippen LogP contribution in [0.25, 0.3) is 0 Å². The number of rotatable bonds is 6. The van der Waals surface area contributed by atoms with E-state index in [1.165, 1.54) is 7.11 Å². The molecule has 106 valence electrons. The van der Waals surface area contributed by atoms with Crippen molar-refractivity contribution in [2.45, 2.75) is 31.9 Å². The van der Waals surface area contributed by atoms with Gasteiger partial charge in [-0.15, -0.1) is 0 Å². The van der Waals surface area contributed by atoms with Crippen molar-refractivity contribution in [3.05, 3.63) is 24.3 Å². The van der Waals surface area contributed by atoms with Crippen LogP contribution in [0, 0.1) is 0 Å². The first-order valence-electron chi connectivity index (χ1n) is 6.07. The van der Waals surface area contributed by atoms with Gasteiger partial charge in [0.15, 0.2) is 0 Å². The third kappa shape index (κ3) is 4.44. The summed E-state index contributed by atoms with van der Waals surface area (Å²) in [4.78, 5) is 11.5. The molecular formula is C14H21NO4. The van der Waals surface area contributed by atoms with Gasteiger partial charge in [-0.25, -0.2) is 0 Å². The molecule has 1 aromatic carbocycles. The van der Waals surface area contributed by atoms with E-state index in [0.29, 0.717) is 17.9 Å². The zero-order valence-electron chi connectivity index (χ0n) is 11.8. The first kappa shape index (κ1) is 15.3. The van der Waals surface area contributed by atoms with Crippen molar-refractivity contribution in [2.24, 2.45) is 5.73 Å². The van der Waals surface area contributed by atoms with Crippen LogP contribution in [0.5, 0.6) is 11.5 Å². The van der Waals surface area contributed by atoms with Gasteiger partial charge in [-0.2, -0.15) is 0 Å². The molecule has 0 aliphatic carbocycles. The molecule has 0 aliphatic heterocycles. The number of hydrogen-bond donors (Lipinski definition) is 1. The van der Waals surface area contributed by atoms with Crippen molar-refractivity contribution in [1.29, 1.82) is 0 Å². The summed E-state index contributed by atoms with van der Waals surface area (Å²) in [6, 6.07) is 7.27. The fourth-order valence-corrected chi connectivity index (χ4v) is 1.86.